The van der Waals surface area contributed by atoms with Gasteiger partial charge in [-0.1, -0.05) is 0 Å². The summed E-state index contributed by atoms with van der Waals surface area (Å²) in [6.07, 6.45) is 1.07. The zero-order valence-electron chi connectivity index (χ0n) is 15.1. The SMILES string of the molecule is COc1ccc(OC)c(N(CC(=O)N2CCN(C)CC2)S(C)(=O)=O)c1. The predicted octanol–water partition coefficient (Wildman–Crippen LogP) is 0.244. The quantitative estimate of drug-likeness (QED) is 0.713. The maximum atomic E-state index is 12.6. The number of nitrogens with zero attached hydrogens (tertiary/aromatic N) is 3. The Morgan fingerprint density at radius 1 is 1.16 bits per heavy atom. The van der Waals surface area contributed by atoms with Crippen LogP contribution in [0.5, 0.6) is 11.5 Å². The Morgan fingerprint density at radius 2 is 1.80 bits per heavy atom. The van der Waals surface area contributed by atoms with Crippen LogP contribution in [-0.2, 0) is 14.8 Å². The minimum absolute atomic E-state index is 0.233. The monoisotopic (exact) mass is 371 g/mol. The summed E-state index contributed by atoms with van der Waals surface area (Å²) in [7, 11) is 1.26. The summed E-state index contributed by atoms with van der Waals surface area (Å²) in [5.41, 5.74) is 0.284. The van der Waals surface area contributed by atoms with Gasteiger partial charge in [0.15, 0.2) is 0 Å². The highest BCUT2D eigenvalue weighted by Gasteiger charge is 2.28. The van der Waals surface area contributed by atoms with Crippen molar-refractivity contribution in [2.45, 2.75) is 0 Å². The van der Waals surface area contributed by atoms with E-state index >= 15 is 0 Å². The van der Waals surface area contributed by atoms with E-state index in [-0.39, 0.29) is 18.1 Å². The smallest absolute Gasteiger partial charge is 0.243 e. The van der Waals surface area contributed by atoms with Crippen LogP contribution < -0.4 is 13.8 Å². The molecule has 8 nitrogen and oxygen atoms in total. The largest absolute Gasteiger partial charge is 0.497 e. The number of carbonyl (C=O) groups excluding carboxylic acids is 1. The maximum absolute atomic E-state index is 12.6. The molecular weight excluding hydrogens is 346 g/mol. The number of likely N-dealkylation sites (N-methyl/N-ethyl adjacent to an activating group) is 1. The van der Waals surface area contributed by atoms with Crippen molar-refractivity contribution >= 4 is 21.6 Å². The molecule has 1 aromatic rings. The highest BCUT2D eigenvalue weighted by molar-refractivity contribution is 7.92. The molecule has 1 amide bonds. The molecule has 1 aliphatic heterocycles. The molecule has 1 heterocycles. The summed E-state index contributed by atoms with van der Waals surface area (Å²) in [6, 6.07) is 4.84. The summed E-state index contributed by atoms with van der Waals surface area (Å²) in [6.45, 7) is 2.44. The fourth-order valence-corrected chi connectivity index (χ4v) is 3.50. The number of amides is 1. The third kappa shape index (κ3) is 4.76. The second-order valence-corrected chi connectivity index (χ2v) is 7.90. The van der Waals surface area contributed by atoms with Crippen LogP contribution >= 0.6 is 0 Å². The number of sulfonamides is 1. The van der Waals surface area contributed by atoms with Crippen molar-refractivity contribution in [3.05, 3.63) is 18.2 Å². The standard InChI is InChI=1S/C16H25N3O5S/c1-17-7-9-18(10-8-17)16(20)12-19(25(4,21)22)14-11-13(23-2)5-6-15(14)24-3/h5-6,11H,7-10,12H2,1-4H3. The van der Waals surface area contributed by atoms with Crippen LogP contribution in [0, 0.1) is 0 Å². The number of piperazine rings is 1. The van der Waals surface area contributed by atoms with E-state index in [0.717, 1.165) is 23.7 Å². The Morgan fingerprint density at radius 3 is 2.32 bits per heavy atom. The van der Waals surface area contributed by atoms with Crippen molar-refractivity contribution < 1.29 is 22.7 Å². The van der Waals surface area contributed by atoms with Gasteiger partial charge in [-0.25, -0.2) is 8.42 Å². The lowest BCUT2D eigenvalue weighted by Gasteiger charge is -2.34. The fraction of sp³-hybridized carbons (Fsp3) is 0.562. The molecule has 0 unspecified atom stereocenters. The van der Waals surface area contributed by atoms with E-state index in [4.69, 9.17) is 9.47 Å². The van der Waals surface area contributed by atoms with E-state index < -0.39 is 10.0 Å². The fourth-order valence-electron chi connectivity index (χ4n) is 2.65. The van der Waals surface area contributed by atoms with E-state index in [2.05, 4.69) is 4.90 Å². The summed E-state index contributed by atoms with van der Waals surface area (Å²) in [5, 5.41) is 0. The van der Waals surface area contributed by atoms with Gasteiger partial charge in [-0.05, 0) is 19.2 Å². The zero-order valence-corrected chi connectivity index (χ0v) is 15.9. The van der Waals surface area contributed by atoms with E-state index in [1.807, 2.05) is 7.05 Å². The number of ether oxygens (including phenoxy) is 2. The first-order valence-corrected chi connectivity index (χ1v) is 9.77. The summed E-state index contributed by atoms with van der Waals surface area (Å²) in [5.74, 6) is 0.609. The summed E-state index contributed by atoms with van der Waals surface area (Å²) >= 11 is 0. The van der Waals surface area contributed by atoms with Gasteiger partial charge in [0.05, 0.1) is 26.2 Å². The number of rotatable bonds is 6. The Hall–Kier alpha value is -2.00. The van der Waals surface area contributed by atoms with Crippen molar-refractivity contribution in [2.24, 2.45) is 0 Å². The number of hydrogen-bond donors (Lipinski definition) is 0. The molecule has 0 aliphatic carbocycles. The van der Waals surface area contributed by atoms with Crippen molar-refractivity contribution in [2.75, 3.05) is 64.6 Å². The number of methoxy groups -OCH3 is 2. The molecule has 1 fully saturated rings. The van der Waals surface area contributed by atoms with Gasteiger partial charge in [0.25, 0.3) is 0 Å². The van der Waals surface area contributed by atoms with Crippen molar-refractivity contribution in [3.63, 3.8) is 0 Å². The van der Waals surface area contributed by atoms with Crippen LogP contribution in [0.3, 0.4) is 0 Å². The Balaban J connectivity index is 2.30. The average Bonchev–Trinajstić information content (AvgIpc) is 2.58. The van der Waals surface area contributed by atoms with Crippen molar-refractivity contribution in [1.29, 1.82) is 0 Å². The molecule has 2 rings (SSSR count). The second-order valence-electron chi connectivity index (χ2n) is 5.99. The molecule has 25 heavy (non-hydrogen) atoms. The molecule has 1 saturated heterocycles. The van der Waals surface area contributed by atoms with Crippen LogP contribution in [0.15, 0.2) is 18.2 Å². The van der Waals surface area contributed by atoms with Crippen molar-refractivity contribution in [3.8, 4) is 11.5 Å². The van der Waals surface area contributed by atoms with Crippen LogP contribution in [-0.4, -0.2) is 84.4 Å². The molecule has 0 bridgehead atoms. The first-order valence-electron chi connectivity index (χ1n) is 7.92. The van der Waals surface area contributed by atoms with Gasteiger partial charge in [-0.3, -0.25) is 9.10 Å². The lowest BCUT2D eigenvalue weighted by atomic mass is 10.2. The molecule has 0 spiro atoms. The number of anilines is 1. The molecule has 9 heteroatoms. The van der Waals surface area contributed by atoms with E-state index in [1.165, 1.54) is 14.2 Å². The predicted molar refractivity (Wildman–Crippen MR) is 95.8 cm³/mol. The minimum Gasteiger partial charge on any atom is -0.497 e. The maximum Gasteiger partial charge on any atom is 0.243 e. The van der Waals surface area contributed by atoms with Gasteiger partial charge < -0.3 is 19.3 Å². The van der Waals surface area contributed by atoms with Crippen LogP contribution in [0.2, 0.25) is 0 Å². The topological polar surface area (TPSA) is 79.4 Å². The first kappa shape index (κ1) is 19.3. The highest BCUT2D eigenvalue weighted by Crippen LogP contribution is 2.33. The molecule has 0 radical (unpaired) electrons. The van der Waals surface area contributed by atoms with E-state index in [1.54, 1.807) is 23.1 Å². The summed E-state index contributed by atoms with van der Waals surface area (Å²) in [4.78, 5) is 16.4. The molecule has 1 aromatic carbocycles. The molecule has 0 aromatic heterocycles. The third-order valence-electron chi connectivity index (χ3n) is 4.19. The minimum atomic E-state index is -3.68. The van der Waals surface area contributed by atoms with Gasteiger partial charge in [-0.2, -0.15) is 0 Å². The second kappa shape index (κ2) is 7.92. The van der Waals surface area contributed by atoms with E-state index in [0.29, 0.717) is 24.6 Å². The number of carbonyl (C=O) groups is 1. The Kier molecular flexibility index (Phi) is 6.12. The van der Waals surface area contributed by atoms with Gasteiger partial charge in [0.2, 0.25) is 15.9 Å². The highest BCUT2D eigenvalue weighted by atomic mass is 32.2. The number of benzene rings is 1. The van der Waals surface area contributed by atoms with Gasteiger partial charge in [0, 0.05) is 32.2 Å². The Labute approximate surface area is 149 Å². The first-order chi connectivity index (χ1) is 11.8. The number of hydrogen-bond acceptors (Lipinski definition) is 6. The molecule has 0 atom stereocenters. The van der Waals surface area contributed by atoms with Gasteiger partial charge in [-0.15, -0.1) is 0 Å². The Bertz CT molecular complexity index is 714. The van der Waals surface area contributed by atoms with E-state index in [9.17, 15) is 13.2 Å². The molecule has 0 saturated carbocycles. The molecule has 0 N–H and O–H groups in total. The van der Waals surface area contributed by atoms with Gasteiger partial charge >= 0.3 is 0 Å². The van der Waals surface area contributed by atoms with Crippen LogP contribution in [0.25, 0.3) is 0 Å². The van der Waals surface area contributed by atoms with Crippen LogP contribution in [0.4, 0.5) is 5.69 Å². The molecule has 140 valence electrons. The van der Waals surface area contributed by atoms with Crippen molar-refractivity contribution in [1.82, 2.24) is 9.80 Å². The van der Waals surface area contributed by atoms with Crippen LogP contribution in [0.1, 0.15) is 0 Å². The zero-order chi connectivity index (χ0) is 18.6. The molecular formula is C16H25N3O5S. The lowest BCUT2D eigenvalue weighted by Crippen LogP contribution is -2.50. The normalized spacial score (nSPS) is 15.8. The lowest BCUT2D eigenvalue weighted by molar-refractivity contribution is -0.131. The molecule has 1 aliphatic rings. The summed E-state index contributed by atoms with van der Waals surface area (Å²) < 4.78 is 36.1. The average molecular weight is 371 g/mol. The third-order valence-corrected chi connectivity index (χ3v) is 5.32. The van der Waals surface area contributed by atoms with Gasteiger partial charge in [0.1, 0.15) is 18.0 Å².